The van der Waals surface area contributed by atoms with Gasteiger partial charge in [-0.15, -0.1) is 0 Å². The molecule has 4 heteroatoms. The van der Waals surface area contributed by atoms with Gasteiger partial charge in [0.05, 0.1) is 12.6 Å². The Morgan fingerprint density at radius 1 is 1.41 bits per heavy atom. The van der Waals surface area contributed by atoms with Crippen molar-refractivity contribution < 1.29 is 14.6 Å². The zero-order valence-electron chi connectivity index (χ0n) is 11.6. The molecule has 0 radical (unpaired) electrons. The van der Waals surface area contributed by atoms with Crippen molar-refractivity contribution in [3.63, 3.8) is 0 Å². The van der Waals surface area contributed by atoms with Crippen LogP contribution in [0.4, 0.5) is 4.79 Å². The maximum Gasteiger partial charge on any atom is 0.410 e. The Morgan fingerprint density at radius 3 is 2.41 bits per heavy atom. The summed E-state index contributed by atoms with van der Waals surface area (Å²) in [7, 11) is 0. The topological polar surface area (TPSA) is 49.8 Å². The van der Waals surface area contributed by atoms with E-state index in [1.54, 1.807) is 4.90 Å². The second kappa shape index (κ2) is 5.25. The number of aliphatic hydroxyl groups excluding tert-OH is 1. The third-order valence-electron chi connectivity index (χ3n) is 3.13. The van der Waals surface area contributed by atoms with E-state index >= 15 is 0 Å². The molecule has 0 saturated carbocycles. The van der Waals surface area contributed by atoms with Gasteiger partial charge in [-0.2, -0.15) is 0 Å². The summed E-state index contributed by atoms with van der Waals surface area (Å²) < 4.78 is 5.41. The van der Waals surface area contributed by atoms with Crippen molar-refractivity contribution in [2.75, 3.05) is 6.61 Å². The summed E-state index contributed by atoms with van der Waals surface area (Å²) in [5.74, 6) is 0.388. The molecule has 4 nitrogen and oxygen atoms in total. The van der Waals surface area contributed by atoms with Crippen LogP contribution in [0.25, 0.3) is 0 Å². The van der Waals surface area contributed by atoms with Crippen LogP contribution in [0, 0.1) is 5.92 Å². The number of hydrogen-bond donors (Lipinski definition) is 1. The Balaban J connectivity index is 2.78. The predicted octanol–water partition coefficient (Wildman–Crippen LogP) is 2.40. The molecule has 0 bridgehead atoms. The maximum absolute atomic E-state index is 12.1. The summed E-state index contributed by atoms with van der Waals surface area (Å²) in [6.45, 7) is 9.80. The fourth-order valence-corrected chi connectivity index (χ4v) is 2.34. The maximum atomic E-state index is 12.1. The second-order valence-electron chi connectivity index (χ2n) is 6.11. The highest BCUT2D eigenvalue weighted by Gasteiger charge is 2.40. The van der Waals surface area contributed by atoms with E-state index in [1.807, 2.05) is 20.8 Å². The number of likely N-dealkylation sites (tertiary alicyclic amines) is 1. The first-order valence-corrected chi connectivity index (χ1v) is 6.38. The fourth-order valence-electron chi connectivity index (χ4n) is 2.34. The monoisotopic (exact) mass is 243 g/mol. The molecule has 1 heterocycles. The lowest BCUT2D eigenvalue weighted by molar-refractivity contribution is 0.00462. The Labute approximate surface area is 104 Å². The van der Waals surface area contributed by atoms with Gasteiger partial charge in [-0.05, 0) is 39.5 Å². The van der Waals surface area contributed by atoms with Crippen LogP contribution in [0.5, 0.6) is 0 Å². The number of amides is 1. The molecule has 0 aliphatic carbocycles. The van der Waals surface area contributed by atoms with Crippen LogP contribution in [-0.2, 0) is 4.74 Å². The molecular weight excluding hydrogens is 218 g/mol. The number of rotatable bonds is 2. The smallest absolute Gasteiger partial charge is 0.410 e. The van der Waals surface area contributed by atoms with Crippen LogP contribution in [0.3, 0.4) is 0 Å². The van der Waals surface area contributed by atoms with Gasteiger partial charge in [-0.25, -0.2) is 4.79 Å². The van der Waals surface area contributed by atoms with Crippen molar-refractivity contribution in [3.05, 3.63) is 0 Å². The van der Waals surface area contributed by atoms with Gasteiger partial charge in [0.25, 0.3) is 0 Å². The second-order valence-corrected chi connectivity index (χ2v) is 6.11. The standard InChI is InChI=1S/C13H25NO3/c1-9(2)11-7-6-10(8-15)14(11)12(16)17-13(3,4)5/h9-11,15H,6-8H2,1-5H3/t10-,11+/m0/s1. The largest absolute Gasteiger partial charge is 0.444 e. The van der Waals surface area contributed by atoms with Gasteiger partial charge >= 0.3 is 6.09 Å². The lowest BCUT2D eigenvalue weighted by Gasteiger charge is -2.33. The third-order valence-corrected chi connectivity index (χ3v) is 3.13. The van der Waals surface area contributed by atoms with Crippen molar-refractivity contribution in [1.29, 1.82) is 0 Å². The van der Waals surface area contributed by atoms with E-state index in [2.05, 4.69) is 13.8 Å². The van der Waals surface area contributed by atoms with E-state index in [1.165, 1.54) is 0 Å². The molecule has 0 aromatic carbocycles. The molecule has 2 atom stereocenters. The normalized spacial score (nSPS) is 25.5. The molecule has 0 aromatic heterocycles. The molecule has 1 fully saturated rings. The Hall–Kier alpha value is -0.770. The van der Waals surface area contributed by atoms with E-state index in [0.717, 1.165) is 12.8 Å². The van der Waals surface area contributed by atoms with E-state index in [-0.39, 0.29) is 24.8 Å². The summed E-state index contributed by atoms with van der Waals surface area (Å²) in [4.78, 5) is 13.9. The molecule has 1 aliphatic rings. The van der Waals surface area contributed by atoms with E-state index in [9.17, 15) is 9.90 Å². The van der Waals surface area contributed by atoms with Crippen LogP contribution in [-0.4, -0.2) is 40.4 Å². The molecule has 1 rings (SSSR count). The van der Waals surface area contributed by atoms with Gasteiger partial charge in [0.2, 0.25) is 0 Å². The minimum Gasteiger partial charge on any atom is -0.444 e. The highest BCUT2D eigenvalue weighted by Crippen LogP contribution is 2.30. The highest BCUT2D eigenvalue weighted by molar-refractivity contribution is 5.69. The number of ether oxygens (including phenoxy) is 1. The predicted molar refractivity (Wildman–Crippen MR) is 66.8 cm³/mol. The summed E-state index contributed by atoms with van der Waals surface area (Å²) in [5, 5.41) is 9.33. The van der Waals surface area contributed by atoms with Crippen molar-refractivity contribution in [3.8, 4) is 0 Å². The minimum absolute atomic E-state index is 0.0163. The van der Waals surface area contributed by atoms with Gasteiger partial charge in [0.1, 0.15) is 5.60 Å². The van der Waals surface area contributed by atoms with Gasteiger partial charge < -0.3 is 9.84 Å². The molecular formula is C13H25NO3. The first-order chi connectivity index (χ1) is 7.76. The van der Waals surface area contributed by atoms with Gasteiger partial charge in [0.15, 0.2) is 0 Å². The van der Waals surface area contributed by atoms with Gasteiger partial charge in [0, 0.05) is 6.04 Å². The van der Waals surface area contributed by atoms with Crippen molar-refractivity contribution in [2.45, 2.75) is 65.1 Å². The number of aliphatic hydroxyl groups is 1. The lowest BCUT2D eigenvalue weighted by Crippen LogP contribution is -2.47. The molecule has 1 N–H and O–H groups in total. The Kier molecular flexibility index (Phi) is 4.42. The molecule has 1 saturated heterocycles. The summed E-state index contributed by atoms with van der Waals surface area (Å²) in [6.07, 6.45) is 1.51. The zero-order chi connectivity index (χ0) is 13.2. The summed E-state index contributed by atoms with van der Waals surface area (Å²) in [6, 6.07) is 0.0965. The Bertz CT molecular complexity index is 270. The zero-order valence-corrected chi connectivity index (χ0v) is 11.6. The molecule has 17 heavy (non-hydrogen) atoms. The molecule has 0 aromatic rings. The third kappa shape index (κ3) is 3.60. The molecule has 0 spiro atoms. The van der Waals surface area contributed by atoms with Crippen LogP contribution < -0.4 is 0 Å². The lowest BCUT2D eigenvalue weighted by atomic mass is 10.0. The molecule has 100 valence electrons. The number of hydrogen-bond acceptors (Lipinski definition) is 3. The average Bonchev–Trinajstić information content (AvgIpc) is 2.57. The first kappa shape index (κ1) is 14.3. The minimum atomic E-state index is -0.485. The molecule has 1 aliphatic heterocycles. The van der Waals surface area contributed by atoms with Crippen LogP contribution in [0.1, 0.15) is 47.5 Å². The van der Waals surface area contributed by atoms with E-state index < -0.39 is 5.60 Å². The fraction of sp³-hybridized carbons (Fsp3) is 0.923. The van der Waals surface area contributed by atoms with Gasteiger partial charge in [-0.1, -0.05) is 13.8 Å². The van der Waals surface area contributed by atoms with E-state index in [4.69, 9.17) is 4.74 Å². The summed E-state index contributed by atoms with van der Waals surface area (Å²) in [5.41, 5.74) is -0.485. The van der Waals surface area contributed by atoms with Crippen molar-refractivity contribution >= 4 is 6.09 Å². The Morgan fingerprint density at radius 2 is 2.00 bits per heavy atom. The van der Waals surface area contributed by atoms with Crippen molar-refractivity contribution in [1.82, 2.24) is 4.90 Å². The number of carbonyl (C=O) groups is 1. The van der Waals surface area contributed by atoms with E-state index in [0.29, 0.717) is 5.92 Å². The SMILES string of the molecule is CC(C)[C@H]1CC[C@@H](CO)N1C(=O)OC(C)(C)C. The highest BCUT2D eigenvalue weighted by atomic mass is 16.6. The molecule has 1 amide bonds. The van der Waals surface area contributed by atoms with Crippen molar-refractivity contribution in [2.24, 2.45) is 5.92 Å². The van der Waals surface area contributed by atoms with Crippen LogP contribution >= 0.6 is 0 Å². The molecule has 0 unspecified atom stereocenters. The first-order valence-electron chi connectivity index (χ1n) is 6.38. The average molecular weight is 243 g/mol. The van der Waals surface area contributed by atoms with Crippen LogP contribution in [0.15, 0.2) is 0 Å². The summed E-state index contributed by atoms with van der Waals surface area (Å²) >= 11 is 0. The van der Waals surface area contributed by atoms with Crippen LogP contribution in [0.2, 0.25) is 0 Å². The van der Waals surface area contributed by atoms with Gasteiger partial charge in [-0.3, -0.25) is 4.90 Å². The quantitative estimate of drug-likeness (QED) is 0.810. The number of nitrogens with zero attached hydrogens (tertiary/aromatic N) is 1. The number of carbonyl (C=O) groups excluding carboxylic acids is 1.